The predicted molar refractivity (Wildman–Crippen MR) is 87.6 cm³/mol. The van der Waals surface area contributed by atoms with E-state index in [1.807, 2.05) is 6.20 Å². The van der Waals surface area contributed by atoms with Crippen LogP contribution in [0.1, 0.15) is 29.3 Å². The molecule has 0 fully saturated rings. The van der Waals surface area contributed by atoms with Crippen LogP contribution in [0.4, 0.5) is 5.69 Å². The number of anilines is 1. The highest BCUT2D eigenvalue weighted by Gasteiger charge is 2.16. The largest absolute Gasteiger partial charge is 0.385 e. The number of rotatable bonds is 4. The quantitative estimate of drug-likeness (QED) is 0.746. The Bertz CT molecular complexity index is 643. The number of nitrogens with one attached hydrogen (secondary N) is 3. The van der Waals surface area contributed by atoms with E-state index in [0.29, 0.717) is 0 Å². The maximum absolute atomic E-state index is 3.38. The SMILES string of the molecule is CCSNc1ccc(C)c(C2=CNCc3[nH]ccc32)c1. The highest BCUT2D eigenvalue weighted by molar-refractivity contribution is 8.00. The molecule has 104 valence electrons. The van der Waals surface area contributed by atoms with Crippen LogP contribution in [0.2, 0.25) is 0 Å². The lowest BCUT2D eigenvalue weighted by Gasteiger charge is -2.18. The Balaban J connectivity index is 1.99. The summed E-state index contributed by atoms with van der Waals surface area (Å²) in [5.41, 5.74) is 7.53. The second kappa shape index (κ2) is 5.67. The molecule has 4 heteroatoms. The second-order valence-electron chi connectivity index (χ2n) is 4.87. The number of aromatic amines is 1. The molecule has 0 saturated carbocycles. The standard InChI is InChI=1S/C16H19N3S/c1-3-20-19-12-5-4-11(2)14(8-12)15-9-17-10-16-13(15)6-7-18-16/h4-9,17-19H,3,10H2,1-2H3. The monoisotopic (exact) mass is 285 g/mol. The Labute approximate surface area is 124 Å². The molecule has 1 aliphatic heterocycles. The van der Waals surface area contributed by atoms with Crippen molar-refractivity contribution >= 4 is 23.2 Å². The van der Waals surface area contributed by atoms with Crippen molar-refractivity contribution in [1.29, 1.82) is 0 Å². The maximum Gasteiger partial charge on any atom is 0.0552 e. The molecule has 3 nitrogen and oxygen atoms in total. The molecule has 3 rings (SSSR count). The van der Waals surface area contributed by atoms with Gasteiger partial charge < -0.3 is 15.0 Å². The van der Waals surface area contributed by atoms with Crippen molar-refractivity contribution in [1.82, 2.24) is 10.3 Å². The number of benzene rings is 1. The molecule has 0 atom stereocenters. The fraction of sp³-hybridized carbons (Fsp3) is 0.250. The van der Waals surface area contributed by atoms with Gasteiger partial charge in [-0.2, -0.15) is 0 Å². The van der Waals surface area contributed by atoms with Gasteiger partial charge in [-0.15, -0.1) is 0 Å². The van der Waals surface area contributed by atoms with E-state index in [2.05, 4.69) is 59.3 Å². The number of hydrogen-bond acceptors (Lipinski definition) is 3. The van der Waals surface area contributed by atoms with E-state index in [4.69, 9.17) is 0 Å². The number of hydrogen-bond donors (Lipinski definition) is 3. The van der Waals surface area contributed by atoms with Crippen molar-refractivity contribution < 1.29 is 0 Å². The lowest BCUT2D eigenvalue weighted by Crippen LogP contribution is -2.13. The Kier molecular flexibility index (Phi) is 3.74. The topological polar surface area (TPSA) is 39.8 Å². The summed E-state index contributed by atoms with van der Waals surface area (Å²) < 4.78 is 3.38. The first-order chi connectivity index (χ1) is 9.79. The van der Waals surface area contributed by atoms with Crippen LogP contribution in [0.5, 0.6) is 0 Å². The maximum atomic E-state index is 3.38. The Hall–Kier alpha value is -1.81. The van der Waals surface area contributed by atoms with Crippen molar-refractivity contribution in [3.05, 3.63) is 59.0 Å². The number of fused-ring (bicyclic) bond motifs is 1. The Morgan fingerprint density at radius 2 is 2.15 bits per heavy atom. The summed E-state index contributed by atoms with van der Waals surface area (Å²) in [7, 11) is 0. The van der Waals surface area contributed by atoms with Gasteiger partial charge in [0.15, 0.2) is 0 Å². The molecule has 0 unspecified atom stereocenters. The van der Waals surface area contributed by atoms with Crippen molar-refractivity contribution in [2.24, 2.45) is 0 Å². The molecule has 2 aromatic rings. The molecule has 0 amide bonds. The van der Waals surface area contributed by atoms with Crippen LogP contribution >= 0.6 is 11.9 Å². The first-order valence-corrected chi connectivity index (χ1v) is 7.87. The van der Waals surface area contributed by atoms with Gasteiger partial charge in [-0.3, -0.25) is 0 Å². The molecule has 1 aromatic carbocycles. The molecule has 1 aromatic heterocycles. The molecule has 20 heavy (non-hydrogen) atoms. The van der Waals surface area contributed by atoms with Crippen molar-refractivity contribution in [2.45, 2.75) is 20.4 Å². The van der Waals surface area contributed by atoms with Crippen LogP contribution in [-0.4, -0.2) is 10.7 Å². The molecule has 0 saturated heterocycles. The van der Waals surface area contributed by atoms with Crippen molar-refractivity contribution in [3.8, 4) is 0 Å². The fourth-order valence-corrected chi connectivity index (χ4v) is 2.93. The summed E-state index contributed by atoms with van der Waals surface area (Å²) in [6, 6.07) is 8.70. The van der Waals surface area contributed by atoms with Gasteiger partial charge in [-0.05, 0) is 36.2 Å². The summed E-state index contributed by atoms with van der Waals surface area (Å²) in [4.78, 5) is 3.30. The second-order valence-corrected chi connectivity index (χ2v) is 5.94. The third-order valence-electron chi connectivity index (χ3n) is 3.51. The van der Waals surface area contributed by atoms with E-state index < -0.39 is 0 Å². The molecule has 3 N–H and O–H groups in total. The van der Waals surface area contributed by atoms with Crippen molar-refractivity contribution in [2.75, 3.05) is 10.5 Å². The highest BCUT2D eigenvalue weighted by Crippen LogP contribution is 2.32. The molecule has 0 spiro atoms. The summed E-state index contributed by atoms with van der Waals surface area (Å²) in [6.07, 6.45) is 4.13. The summed E-state index contributed by atoms with van der Waals surface area (Å²) in [5, 5.41) is 3.35. The first-order valence-electron chi connectivity index (χ1n) is 6.88. The third-order valence-corrected chi connectivity index (χ3v) is 4.18. The van der Waals surface area contributed by atoms with Crippen LogP contribution in [0, 0.1) is 6.92 Å². The van der Waals surface area contributed by atoms with E-state index in [0.717, 1.165) is 18.0 Å². The van der Waals surface area contributed by atoms with Crippen LogP contribution < -0.4 is 10.0 Å². The van der Waals surface area contributed by atoms with Crippen LogP contribution in [0.15, 0.2) is 36.7 Å². The van der Waals surface area contributed by atoms with E-state index in [9.17, 15) is 0 Å². The van der Waals surface area contributed by atoms with Gasteiger partial charge >= 0.3 is 0 Å². The Morgan fingerprint density at radius 3 is 3.00 bits per heavy atom. The van der Waals surface area contributed by atoms with Gasteiger partial charge in [-0.25, -0.2) is 0 Å². The lowest BCUT2D eigenvalue weighted by atomic mass is 9.93. The average molecular weight is 285 g/mol. The van der Waals surface area contributed by atoms with Gasteiger partial charge in [0.2, 0.25) is 0 Å². The van der Waals surface area contributed by atoms with E-state index in [-0.39, 0.29) is 0 Å². The van der Waals surface area contributed by atoms with Gasteiger partial charge in [-0.1, -0.05) is 24.9 Å². The van der Waals surface area contributed by atoms with E-state index in [1.165, 1.54) is 28.0 Å². The molecule has 0 radical (unpaired) electrons. The van der Waals surface area contributed by atoms with E-state index in [1.54, 1.807) is 11.9 Å². The van der Waals surface area contributed by atoms with Gasteiger partial charge in [0.1, 0.15) is 0 Å². The Morgan fingerprint density at radius 1 is 1.25 bits per heavy atom. The number of aromatic nitrogens is 1. The minimum Gasteiger partial charge on any atom is -0.385 e. The average Bonchev–Trinajstić information content (AvgIpc) is 2.95. The summed E-state index contributed by atoms with van der Waals surface area (Å²) in [6.45, 7) is 5.18. The van der Waals surface area contributed by atoms with Crippen LogP contribution in [0.25, 0.3) is 5.57 Å². The molecule has 0 bridgehead atoms. The van der Waals surface area contributed by atoms with Crippen LogP contribution in [0.3, 0.4) is 0 Å². The van der Waals surface area contributed by atoms with Crippen molar-refractivity contribution in [3.63, 3.8) is 0 Å². The lowest BCUT2D eigenvalue weighted by molar-refractivity contribution is 0.828. The first kappa shape index (κ1) is 13.2. The van der Waals surface area contributed by atoms with Gasteiger partial charge in [0.25, 0.3) is 0 Å². The third kappa shape index (κ3) is 2.43. The zero-order chi connectivity index (χ0) is 13.9. The van der Waals surface area contributed by atoms with Crippen LogP contribution in [-0.2, 0) is 6.54 Å². The van der Waals surface area contributed by atoms with Gasteiger partial charge in [0.05, 0.1) is 6.54 Å². The fourth-order valence-electron chi connectivity index (χ4n) is 2.49. The highest BCUT2D eigenvalue weighted by atomic mass is 32.2. The smallest absolute Gasteiger partial charge is 0.0552 e. The normalized spacial score (nSPS) is 13.4. The van der Waals surface area contributed by atoms with Gasteiger partial charge in [0, 0.05) is 40.7 Å². The number of aryl methyl sites for hydroxylation is 1. The molecule has 1 aliphatic rings. The minimum atomic E-state index is 0.870. The predicted octanol–water partition coefficient (Wildman–Crippen LogP) is 3.90. The van der Waals surface area contributed by atoms with E-state index >= 15 is 0 Å². The molecular weight excluding hydrogens is 266 g/mol. The zero-order valence-electron chi connectivity index (χ0n) is 11.8. The summed E-state index contributed by atoms with van der Waals surface area (Å²) in [5.74, 6) is 1.05. The minimum absolute atomic E-state index is 0.870. The summed E-state index contributed by atoms with van der Waals surface area (Å²) >= 11 is 1.72. The molecular formula is C16H19N3S. The zero-order valence-corrected chi connectivity index (χ0v) is 12.6. The number of H-pyrrole nitrogens is 1. The molecule has 0 aliphatic carbocycles. The molecule has 2 heterocycles.